The van der Waals surface area contributed by atoms with Gasteiger partial charge in [-0.25, -0.2) is 0 Å². The molecule has 0 spiro atoms. The third-order valence-electron chi connectivity index (χ3n) is 2.96. The van der Waals surface area contributed by atoms with Crippen LogP contribution in [0.2, 0.25) is 0 Å². The maximum atomic E-state index is 12.1. The molecule has 2 rings (SSSR count). The molecule has 0 saturated carbocycles. The maximum absolute atomic E-state index is 12.1. The van der Waals surface area contributed by atoms with Crippen molar-refractivity contribution in [1.29, 1.82) is 0 Å². The Hall–Kier alpha value is -1.64. The summed E-state index contributed by atoms with van der Waals surface area (Å²) in [5.74, 6) is 0.00255. The summed E-state index contributed by atoms with van der Waals surface area (Å²) in [7, 11) is 0. The van der Waals surface area contributed by atoms with Crippen molar-refractivity contribution < 1.29 is 14.0 Å². The summed E-state index contributed by atoms with van der Waals surface area (Å²) >= 11 is 0. The van der Waals surface area contributed by atoms with Crippen LogP contribution in [0.25, 0.3) is 0 Å². The molecule has 1 aromatic heterocycles. The Morgan fingerprint density at radius 1 is 1.25 bits per heavy atom. The van der Waals surface area contributed by atoms with E-state index in [1.54, 1.807) is 13.0 Å². The lowest BCUT2D eigenvalue weighted by Crippen LogP contribution is -2.19. The number of carbonyl (C=O) groups is 2. The molecule has 0 atom stereocenters. The monoisotopic (exact) mass is 218 g/mol. The quantitative estimate of drug-likeness (QED) is 0.782. The number of furan rings is 1. The number of rotatable bonds is 3. The molecule has 84 valence electrons. The van der Waals surface area contributed by atoms with Gasteiger partial charge in [-0.05, 0) is 25.8 Å². The van der Waals surface area contributed by atoms with Crippen LogP contribution in [0.1, 0.15) is 54.0 Å². The van der Waals surface area contributed by atoms with Crippen molar-refractivity contribution in [3.05, 3.63) is 34.8 Å². The second kappa shape index (κ2) is 4.08. The summed E-state index contributed by atoms with van der Waals surface area (Å²) in [6, 6.07) is 1.58. The molecule has 0 N–H and O–H groups in total. The van der Waals surface area contributed by atoms with Crippen LogP contribution in [0, 0.1) is 0 Å². The van der Waals surface area contributed by atoms with Crippen molar-refractivity contribution in [3.63, 3.8) is 0 Å². The van der Waals surface area contributed by atoms with Crippen LogP contribution in [0.5, 0.6) is 0 Å². The molecule has 0 unspecified atom stereocenters. The van der Waals surface area contributed by atoms with Crippen molar-refractivity contribution in [2.75, 3.05) is 0 Å². The number of unbranched alkanes of at least 4 members (excludes halogenated alkanes) is 1. The molecule has 0 aromatic carbocycles. The predicted octanol–water partition coefficient (Wildman–Crippen LogP) is 3.17. The van der Waals surface area contributed by atoms with E-state index in [2.05, 4.69) is 6.92 Å². The summed E-state index contributed by atoms with van der Waals surface area (Å²) in [5, 5.41) is 0. The Kier molecular flexibility index (Phi) is 2.77. The standard InChI is InChI=1S/C13H14O3/c1-3-4-5-9-8(2)11(14)13-10(12(9)15)6-7-16-13/h6-7H,3-5H2,1-2H3. The van der Waals surface area contributed by atoms with Crippen LogP contribution in [0.3, 0.4) is 0 Å². The van der Waals surface area contributed by atoms with E-state index in [0.29, 0.717) is 23.1 Å². The third-order valence-corrected chi connectivity index (χ3v) is 2.96. The van der Waals surface area contributed by atoms with Crippen LogP contribution < -0.4 is 0 Å². The number of carbonyl (C=O) groups excluding carboxylic acids is 2. The summed E-state index contributed by atoms with van der Waals surface area (Å²) in [6.45, 7) is 3.77. The van der Waals surface area contributed by atoms with Gasteiger partial charge in [0.05, 0.1) is 11.8 Å². The van der Waals surface area contributed by atoms with Gasteiger partial charge in [-0.1, -0.05) is 13.3 Å². The van der Waals surface area contributed by atoms with Gasteiger partial charge in [0, 0.05) is 11.1 Å². The van der Waals surface area contributed by atoms with Gasteiger partial charge in [0.25, 0.3) is 0 Å². The molecule has 1 aromatic rings. The molecule has 1 heterocycles. The minimum atomic E-state index is -0.147. The lowest BCUT2D eigenvalue weighted by Gasteiger charge is -2.14. The van der Waals surface area contributed by atoms with Gasteiger partial charge >= 0.3 is 0 Å². The zero-order valence-electron chi connectivity index (χ0n) is 9.50. The zero-order valence-corrected chi connectivity index (χ0v) is 9.50. The van der Waals surface area contributed by atoms with E-state index >= 15 is 0 Å². The fraction of sp³-hybridized carbons (Fsp3) is 0.385. The summed E-state index contributed by atoms with van der Waals surface area (Å²) in [4.78, 5) is 24.0. The van der Waals surface area contributed by atoms with Gasteiger partial charge < -0.3 is 4.42 Å². The number of ketones is 2. The summed E-state index contributed by atoms with van der Waals surface area (Å²) in [5.41, 5.74) is 1.61. The first kappa shape index (κ1) is 10.9. The van der Waals surface area contributed by atoms with Crippen LogP contribution in [0.15, 0.2) is 27.9 Å². The number of hydrogen-bond donors (Lipinski definition) is 0. The van der Waals surface area contributed by atoms with E-state index in [0.717, 1.165) is 12.8 Å². The lowest BCUT2D eigenvalue weighted by molar-refractivity contribution is 0.0953. The second-order valence-electron chi connectivity index (χ2n) is 4.03. The lowest BCUT2D eigenvalue weighted by atomic mass is 9.87. The number of fused-ring (bicyclic) bond motifs is 1. The fourth-order valence-corrected chi connectivity index (χ4v) is 1.96. The van der Waals surface area contributed by atoms with Crippen molar-refractivity contribution in [2.24, 2.45) is 0 Å². The van der Waals surface area contributed by atoms with Crippen molar-refractivity contribution in [2.45, 2.75) is 33.1 Å². The molecule has 0 amide bonds. The minimum Gasteiger partial charge on any atom is -0.460 e. The summed E-state index contributed by atoms with van der Waals surface area (Å²) in [6.07, 6.45) is 4.02. The molecule has 1 aliphatic carbocycles. The minimum absolute atomic E-state index is 0.0469. The highest BCUT2D eigenvalue weighted by molar-refractivity contribution is 6.25. The normalized spacial score (nSPS) is 15.6. The molecular weight excluding hydrogens is 204 g/mol. The topological polar surface area (TPSA) is 47.3 Å². The van der Waals surface area contributed by atoms with Crippen LogP contribution in [-0.2, 0) is 0 Å². The average Bonchev–Trinajstić information content (AvgIpc) is 2.75. The van der Waals surface area contributed by atoms with Crippen molar-refractivity contribution in [3.8, 4) is 0 Å². The number of Topliss-reactive ketones (excluding diaryl/α,β-unsaturated/α-hetero) is 2. The highest BCUT2D eigenvalue weighted by Crippen LogP contribution is 2.29. The molecule has 3 nitrogen and oxygen atoms in total. The Labute approximate surface area is 94.1 Å². The molecule has 1 aliphatic rings. The van der Waals surface area contributed by atoms with Crippen molar-refractivity contribution >= 4 is 11.6 Å². The van der Waals surface area contributed by atoms with Gasteiger partial charge in [0.1, 0.15) is 0 Å². The van der Waals surface area contributed by atoms with Crippen molar-refractivity contribution in [1.82, 2.24) is 0 Å². The van der Waals surface area contributed by atoms with Gasteiger partial charge in [-0.3, -0.25) is 9.59 Å². The van der Waals surface area contributed by atoms with E-state index in [1.165, 1.54) is 6.26 Å². The maximum Gasteiger partial charge on any atom is 0.225 e. The molecule has 0 bridgehead atoms. The number of hydrogen-bond acceptors (Lipinski definition) is 3. The summed E-state index contributed by atoms with van der Waals surface area (Å²) < 4.78 is 5.06. The molecule has 0 aliphatic heterocycles. The first-order chi connectivity index (χ1) is 7.66. The molecule has 0 radical (unpaired) electrons. The number of allylic oxidation sites excluding steroid dienone is 2. The predicted molar refractivity (Wildman–Crippen MR) is 59.6 cm³/mol. The van der Waals surface area contributed by atoms with Gasteiger partial charge in [0.2, 0.25) is 5.78 Å². The first-order valence-electron chi connectivity index (χ1n) is 5.53. The Morgan fingerprint density at radius 2 is 2.00 bits per heavy atom. The fourth-order valence-electron chi connectivity index (χ4n) is 1.96. The molecule has 3 heteroatoms. The smallest absolute Gasteiger partial charge is 0.225 e. The van der Waals surface area contributed by atoms with E-state index < -0.39 is 0 Å². The van der Waals surface area contributed by atoms with Crippen LogP contribution >= 0.6 is 0 Å². The van der Waals surface area contributed by atoms with Gasteiger partial charge in [-0.15, -0.1) is 0 Å². The van der Waals surface area contributed by atoms with Crippen LogP contribution in [0.4, 0.5) is 0 Å². The van der Waals surface area contributed by atoms with E-state index in [4.69, 9.17) is 4.42 Å². The van der Waals surface area contributed by atoms with Crippen LogP contribution in [-0.4, -0.2) is 11.6 Å². The van der Waals surface area contributed by atoms with Gasteiger partial charge in [-0.2, -0.15) is 0 Å². The van der Waals surface area contributed by atoms with E-state index in [9.17, 15) is 9.59 Å². The largest absolute Gasteiger partial charge is 0.460 e. The van der Waals surface area contributed by atoms with E-state index in [-0.39, 0.29) is 17.3 Å². The molecule has 0 fully saturated rings. The average molecular weight is 218 g/mol. The third kappa shape index (κ3) is 1.52. The first-order valence-corrected chi connectivity index (χ1v) is 5.53. The zero-order chi connectivity index (χ0) is 11.7. The Balaban J connectivity index is 2.42. The second-order valence-corrected chi connectivity index (χ2v) is 4.03. The highest BCUT2D eigenvalue weighted by Gasteiger charge is 2.31. The van der Waals surface area contributed by atoms with Gasteiger partial charge in [0.15, 0.2) is 11.5 Å². The Bertz CT molecular complexity index is 477. The van der Waals surface area contributed by atoms with E-state index in [1.807, 2.05) is 0 Å². The highest BCUT2D eigenvalue weighted by atomic mass is 16.3. The molecule has 16 heavy (non-hydrogen) atoms. The SMILES string of the molecule is CCCCC1=C(C)C(=O)c2occc2C1=O. The molecular formula is C13H14O3. The Morgan fingerprint density at radius 3 is 2.69 bits per heavy atom. The molecule has 0 saturated heterocycles.